The molecule has 1 atom stereocenters. The summed E-state index contributed by atoms with van der Waals surface area (Å²) in [6, 6.07) is 8.57. The maximum Gasteiger partial charge on any atom is 0.289 e. The molecule has 1 aliphatic heterocycles. The third-order valence-electron chi connectivity index (χ3n) is 4.35. The van der Waals surface area contributed by atoms with Crippen LogP contribution in [0.5, 0.6) is 0 Å². The Morgan fingerprint density at radius 3 is 2.67 bits per heavy atom. The number of carbonyl (C=O) groups is 1. The molecule has 3 rings (SSSR count). The smallest absolute Gasteiger partial charge is 0.289 e. The minimum absolute atomic E-state index is 0.0103. The first-order chi connectivity index (χ1) is 11.3. The highest BCUT2D eigenvalue weighted by Gasteiger charge is 2.33. The van der Waals surface area contributed by atoms with E-state index in [0.29, 0.717) is 17.2 Å². The summed E-state index contributed by atoms with van der Waals surface area (Å²) in [5.41, 5.74) is 1.75. The van der Waals surface area contributed by atoms with Gasteiger partial charge in [0, 0.05) is 23.7 Å². The van der Waals surface area contributed by atoms with Gasteiger partial charge in [-0.25, -0.2) is 8.42 Å². The topological polar surface area (TPSA) is 67.6 Å². The summed E-state index contributed by atoms with van der Waals surface area (Å²) < 4.78 is 28.8. The predicted octanol–water partition coefficient (Wildman–Crippen LogP) is 3.17. The first kappa shape index (κ1) is 17.0. The molecule has 5 nitrogen and oxygen atoms in total. The van der Waals surface area contributed by atoms with Crippen molar-refractivity contribution < 1.29 is 17.6 Å². The van der Waals surface area contributed by atoms with Gasteiger partial charge in [-0.2, -0.15) is 0 Å². The molecule has 24 heavy (non-hydrogen) atoms. The Morgan fingerprint density at radius 1 is 1.29 bits per heavy atom. The fraction of sp³-hybridized carbons (Fsp3) is 0.353. The molecule has 0 unspecified atom stereocenters. The highest BCUT2D eigenvalue weighted by atomic mass is 35.5. The van der Waals surface area contributed by atoms with Crippen molar-refractivity contribution in [1.82, 2.24) is 4.90 Å². The van der Waals surface area contributed by atoms with Crippen LogP contribution in [0.2, 0.25) is 5.02 Å². The highest BCUT2D eigenvalue weighted by Crippen LogP contribution is 2.28. The van der Waals surface area contributed by atoms with E-state index in [2.05, 4.69) is 0 Å². The second kappa shape index (κ2) is 6.26. The maximum absolute atomic E-state index is 12.5. The minimum atomic E-state index is -3.04. The number of benzene rings is 1. The molecule has 1 amide bonds. The van der Waals surface area contributed by atoms with E-state index in [1.165, 1.54) is 4.90 Å². The summed E-state index contributed by atoms with van der Waals surface area (Å²) in [4.78, 5) is 14.0. The lowest BCUT2D eigenvalue weighted by Crippen LogP contribution is -2.37. The van der Waals surface area contributed by atoms with Crippen LogP contribution >= 0.6 is 11.6 Å². The first-order valence-electron chi connectivity index (χ1n) is 7.61. The third kappa shape index (κ3) is 3.35. The molecule has 128 valence electrons. The number of nitrogens with zero attached hydrogens (tertiary/aromatic N) is 1. The van der Waals surface area contributed by atoms with Crippen molar-refractivity contribution in [3.05, 3.63) is 46.7 Å². The van der Waals surface area contributed by atoms with Gasteiger partial charge in [-0.1, -0.05) is 23.7 Å². The normalized spacial score (nSPS) is 19.4. The second-order valence-electron chi connectivity index (χ2n) is 6.10. The monoisotopic (exact) mass is 367 g/mol. The molecule has 2 aromatic rings. The van der Waals surface area contributed by atoms with Crippen molar-refractivity contribution in [3.63, 3.8) is 0 Å². The zero-order valence-corrected chi connectivity index (χ0v) is 15.0. The molecule has 0 bridgehead atoms. The van der Waals surface area contributed by atoms with Gasteiger partial charge in [0.15, 0.2) is 15.6 Å². The Labute approximate surface area is 146 Å². The molecule has 7 heteroatoms. The molecule has 0 N–H and O–H groups in total. The third-order valence-corrected chi connectivity index (χ3v) is 6.51. The van der Waals surface area contributed by atoms with Crippen LogP contribution in [0.4, 0.5) is 0 Å². The van der Waals surface area contributed by atoms with Crippen molar-refractivity contribution in [3.8, 4) is 11.3 Å². The fourth-order valence-electron chi connectivity index (χ4n) is 2.77. The van der Waals surface area contributed by atoms with Gasteiger partial charge >= 0.3 is 0 Å². The van der Waals surface area contributed by atoms with Crippen LogP contribution in [0.3, 0.4) is 0 Å². The Kier molecular flexibility index (Phi) is 4.44. The van der Waals surface area contributed by atoms with E-state index in [4.69, 9.17) is 16.0 Å². The number of hydrogen-bond donors (Lipinski definition) is 0. The van der Waals surface area contributed by atoms with Crippen molar-refractivity contribution >= 4 is 27.3 Å². The van der Waals surface area contributed by atoms with Crippen LogP contribution < -0.4 is 0 Å². The number of hydrogen-bond acceptors (Lipinski definition) is 4. The van der Waals surface area contributed by atoms with Crippen LogP contribution in [-0.4, -0.2) is 43.8 Å². The summed E-state index contributed by atoms with van der Waals surface area (Å²) in [7, 11) is -1.43. The Bertz CT molecular complexity index is 888. The molecular formula is C17H18ClNO4S. The summed E-state index contributed by atoms with van der Waals surface area (Å²) in [5.74, 6) is 0.555. The molecule has 1 saturated heterocycles. The standard InChI is InChI=1S/C17H18ClNO4S/c1-11-3-4-12(9-14(11)18)15-5-6-16(23-15)17(20)19(2)13-7-8-24(21,22)10-13/h3-6,9,13H,7-8,10H2,1-2H3/t13-/m1/s1. The van der Waals surface area contributed by atoms with E-state index in [1.807, 2.05) is 19.1 Å². The molecule has 1 aromatic carbocycles. The van der Waals surface area contributed by atoms with Gasteiger partial charge in [0.2, 0.25) is 0 Å². The van der Waals surface area contributed by atoms with Gasteiger partial charge in [0.1, 0.15) is 5.76 Å². The van der Waals surface area contributed by atoms with Crippen LogP contribution in [0.1, 0.15) is 22.5 Å². The zero-order valence-electron chi connectivity index (χ0n) is 13.5. The number of furan rings is 1. The van der Waals surface area contributed by atoms with Gasteiger partial charge in [-0.15, -0.1) is 0 Å². The van der Waals surface area contributed by atoms with Gasteiger partial charge < -0.3 is 9.32 Å². The van der Waals surface area contributed by atoms with Crippen molar-refractivity contribution in [2.45, 2.75) is 19.4 Å². The highest BCUT2D eigenvalue weighted by molar-refractivity contribution is 7.91. The average Bonchev–Trinajstić information content (AvgIpc) is 3.15. The average molecular weight is 368 g/mol. The fourth-order valence-corrected chi connectivity index (χ4v) is 4.73. The zero-order chi connectivity index (χ0) is 17.5. The van der Waals surface area contributed by atoms with Crippen LogP contribution in [-0.2, 0) is 9.84 Å². The summed E-state index contributed by atoms with van der Waals surface area (Å²) in [5, 5.41) is 0.630. The van der Waals surface area contributed by atoms with E-state index in [9.17, 15) is 13.2 Å². The SMILES string of the molecule is Cc1ccc(-c2ccc(C(=O)N(C)[C@@H]3CCS(=O)(=O)C3)o2)cc1Cl. The van der Waals surface area contributed by atoms with Crippen molar-refractivity contribution in [1.29, 1.82) is 0 Å². The van der Waals surface area contributed by atoms with E-state index in [1.54, 1.807) is 25.2 Å². The Balaban J connectivity index is 1.79. The summed E-state index contributed by atoms with van der Waals surface area (Å²) in [6.07, 6.45) is 0.464. The van der Waals surface area contributed by atoms with Crippen LogP contribution in [0.25, 0.3) is 11.3 Å². The van der Waals surface area contributed by atoms with Crippen LogP contribution in [0, 0.1) is 6.92 Å². The number of carbonyl (C=O) groups excluding carboxylic acids is 1. The Hall–Kier alpha value is -1.79. The molecule has 0 aliphatic carbocycles. The number of rotatable bonds is 3. The number of amides is 1. The number of halogens is 1. The number of sulfone groups is 1. The first-order valence-corrected chi connectivity index (χ1v) is 9.81. The lowest BCUT2D eigenvalue weighted by Gasteiger charge is -2.22. The molecule has 1 aliphatic rings. The molecule has 2 heterocycles. The molecule has 1 fully saturated rings. The maximum atomic E-state index is 12.5. The van der Waals surface area contributed by atoms with Crippen molar-refractivity contribution in [2.24, 2.45) is 0 Å². The largest absolute Gasteiger partial charge is 0.451 e. The van der Waals surface area contributed by atoms with E-state index >= 15 is 0 Å². The van der Waals surface area contributed by atoms with Gasteiger partial charge in [0.25, 0.3) is 5.91 Å². The van der Waals surface area contributed by atoms with Gasteiger partial charge in [-0.05, 0) is 37.1 Å². The Morgan fingerprint density at radius 2 is 2.04 bits per heavy atom. The molecular weight excluding hydrogens is 350 g/mol. The molecule has 1 aromatic heterocycles. The molecule has 0 spiro atoms. The summed E-state index contributed by atoms with van der Waals surface area (Å²) in [6.45, 7) is 1.91. The summed E-state index contributed by atoms with van der Waals surface area (Å²) >= 11 is 6.12. The van der Waals surface area contributed by atoms with Gasteiger partial charge in [-0.3, -0.25) is 4.79 Å². The van der Waals surface area contributed by atoms with Crippen molar-refractivity contribution in [2.75, 3.05) is 18.6 Å². The number of aryl methyl sites for hydroxylation is 1. The van der Waals surface area contributed by atoms with E-state index < -0.39 is 9.84 Å². The van der Waals surface area contributed by atoms with E-state index in [0.717, 1.165) is 11.1 Å². The molecule has 0 radical (unpaired) electrons. The minimum Gasteiger partial charge on any atom is -0.451 e. The quantitative estimate of drug-likeness (QED) is 0.835. The predicted molar refractivity (Wildman–Crippen MR) is 93.0 cm³/mol. The van der Waals surface area contributed by atoms with E-state index in [-0.39, 0.29) is 29.2 Å². The lowest BCUT2D eigenvalue weighted by molar-refractivity contribution is 0.0716. The molecule has 0 saturated carbocycles. The van der Waals surface area contributed by atoms with Gasteiger partial charge in [0.05, 0.1) is 11.5 Å². The lowest BCUT2D eigenvalue weighted by atomic mass is 10.1. The van der Waals surface area contributed by atoms with Crippen LogP contribution in [0.15, 0.2) is 34.7 Å². The second-order valence-corrected chi connectivity index (χ2v) is 8.74.